The summed E-state index contributed by atoms with van der Waals surface area (Å²) in [4.78, 5) is 0. The summed E-state index contributed by atoms with van der Waals surface area (Å²) in [5.74, 6) is 0. The van der Waals surface area contributed by atoms with Crippen molar-refractivity contribution in [1.82, 2.24) is 0 Å². The second-order valence-corrected chi connectivity index (χ2v) is 4.28. The molecule has 1 fully saturated rings. The molecule has 3 heteroatoms. The Morgan fingerprint density at radius 1 is 1.58 bits per heavy atom. The van der Waals surface area contributed by atoms with E-state index in [4.69, 9.17) is 15.6 Å². The average Bonchev–Trinajstić information content (AvgIpc) is 2.36. The van der Waals surface area contributed by atoms with Gasteiger partial charge in [-0.05, 0) is 26.7 Å². The van der Waals surface area contributed by atoms with Crippen LogP contribution in [0.1, 0.15) is 26.7 Å². The van der Waals surface area contributed by atoms with Crippen LogP contribution in [0, 0.1) is 5.41 Å². The average molecular weight is 173 g/mol. The predicted octanol–water partition coefficient (Wildman–Crippen LogP) is 0.513. The van der Waals surface area contributed by atoms with E-state index >= 15 is 0 Å². The van der Waals surface area contributed by atoms with Crippen LogP contribution in [0.2, 0.25) is 0 Å². The Kier molecular flexibility index (Phi) is 2.76. The van der Waals surface area contributed by atoms with Crippen LogP contribution in [0.4, 0.5) is 0 Å². The van der Waals surface area contributed by atoms with Gasteiger partial charge >= 0.3 is 0 Å². The number of aliphatic hydroxyl groups excluding tert-OH is 1. The lowest BCUT2D eigenvalue weighted by Crippen LogP contribution is -2.51. The second kappa shape index (κ2) is 3.32. The quantitative estimate of drug-likeness (QED) is 0.654. The van der Waals surface area contributed by atoms with Crippen LogP contribution in [-0.4, -0.2) is 30.5 Å². The minimum Gasteiger partial charge on any atom is -0.396 e. The summed E-state index contributed by atoms with van der Waals surface area (Å²) in [6, 6.07) is 0. The molecule has 0 aromatic rings. The van der Waals surface area contributed by atoms with Crippen LogP contribution in [0.15, 0.2) is 0 Å². The van der Waals surface area contributed by atoms with Gasteiger partial charge in [0.1, 0.15) is 0 Å². The molecule has 0 radical (unpaired) electrons. The van der Waals surface area contributed by atoms with Gasteiger partial charge in [0.15, 0.2) is 0 Å². The Morgan fingerprint density at radius 2 is 2.25 bits per heavy atom. The molecule has 1 unspecified atom stereocenters. The topological polar surface area (TPSA) is 55.5 Å². The van der Waals surface area contributed by atoms with E-state index in [0.717, 1.165) is 19.4 Å². The van der Waals surface area contributed by atoms with Crippen LogP contribution < -0.4 is 5.73 Å². The van der Waals surface area contributed by atoms with Gasteiger partial charge in [-0.3, -0.25) is 0 Å². The Morgan fingerprint density at radius 3 is 2.58 bits per heavy atom. The molecule has 1 saturated heterocycles. The monoisotopic (exact) mass is 173 g/mol. The molecule has 1 aliphatic heterocycles. The lowest BCUT2D eigenvalue weighted by Gasteiger charge is -2.40. The Hall–Kier alpha value is -0.120. The Balaban J connectivity index is 2.72. The first-order valence-corrected chi connectivity index (χ1v) is 4.49. The molecule has 0 aromatic carbocycles. The maximum Gasteiger partial charge on any atom is 0.0541 e. The number of nitrogens with two attached hydrogens (primary N) is 1. The molecule has 1 atom stereocenters. The summed E-state index contributed by atoms with van der Waals surface area (Å²) in [6.45, 7) is 5.69. The predicted molar refractivity (Wildman–Crippen MR) is 47.8 cm³/mol. The van der Waals surface area contributed by atoms with Crippen LogP contribution in [0.3, 0.4) is 0 Å². The molecule has 1 heterocycles. The van der Waals surface area contributed by atoms with E-state index in [0.29, 0.717) is 6.61 Å². The maximum atomic E-state index is 8.94. The second-order valence-electron chi connectivity index (χ2n) is 4.28. The molecule has 0 aliphatic carbocycles. The first kappa shape index (κ1) is 9.96. The van der Waals surface area contributed by atoms with Crippen molar-refractivity contribution in [3.63, 3.8) is 0 Å². The first-order valence-electron chi connectivity index (χ1n) is 4.49. The van der Waals surface area contributed by atoms with Gasteiger partial charge in [-0.2, -0.15) is 0 Å². The summed E-state index contributed by atoms with van der Waals surface area (Å²) in [6.07, 6.45) is 1.72. The van der Waals surface area contributed by atoms with Crippen molar-refractivity contribution in [2.45, 2.75) is 32.2 Å². The standard InChI is InChI=1S/C9H19NO2/c1-8(2,10)9(3-5-11)4-6-12-7-9/h11H,3-7,10H2,1-2H3. The van der Waals surface area contributed by atoms with Crippen molar-refractivity contribution in [2.24, 2.45) is 11.1 Å². The highest BCUT2D eigenvalue weighted by Gasteiger charge is 2.44. The minimum atomic E-state index is -0.258. The third-order valence-corrected chi connectivity index (χ3v) is 3.06. The van der Waals surface area contributed by atoms with Gasteiger partial charge in [0.25, 0.3) is 0 Å². The molecule has 1 aliphatic rings. The fourth-order valence-corrected chi connectivity index (χ4v) is 1.85. The van der Waals surface area contributed by atoms with Crippen LogP contribution in [-0.2, 0) is 4.74 Å². The highest BCUT2D eigenvalue weighted by atomic mass is 16.5. The van der Waals surface area contributed by atoms with E-state index < -0.39 is 0 Å². The van der Waals surface area contributed by atoms with Crippen molar-refractivity contribution >= 4 is 0 Å². The van der Waals surface area contributed by atoms with Crippen molar-refractivity contribution in [3.8, 4) is 0 Å². The Labute approximate surface area is 73.9 Å². The highest BCUT2D eigenvalue weighted by Crippen LogP contribution is 2.40. The molecule has 12 heavy (non-hydrogen) atoms. The van der Waals surface area contributed by atoms with Gasteiger partial charge in [-0.15, -0.1) is 0 Å². The van der Waals surface area contributed by atoms with Crippen molar-refractivity contribution < 1.29 is 9.84 Å². The molecule has 0 saturated carbocycles. The molecule has 0 amide bonds. The molecule has 72 valence electrons. The van der Waals surface area contributed by atoms with Gasteiger partial charge in [0.05, 0.1) is 6.61 Å². The lowest BCUT2D eigenvalue weighted by atomic mass is 9.69. The van der Waals surface area contributed by atoms with Gasteiger partial charge < -0.3 is 15.6 Å². The Bertz CT molecular complexity index is 145. The summed E-state index contributed by atoms with van der Waals surface area (Å²) in [5.41, 5.74) is 5.80. The van der Waals surface area contributed by atoms with E-state index in [1.807, 2.05) is 13.8 Å². The third-order valence-electron chi connectivity index (χ3n) is 3.06. The smallest absolute Gasteiger partial charge is 0.0541 e. The number of rotatable bonds is 3. The van der Waals surface area contributed by atoms with Crippen LogP contribution >= 0.6 is 0 Å². The zero-order valence-corrected chi connectivity index (χ0v) is 7.97. The molecule has 1 rings (SSSR count). The summed E-state index contributed by atoms with van der Waals surface area (Å²) in [5, 5.41) is 8.94. The largest absolute Gasteiger partial charge is 0.396 e. The zero-order valence-electron chi connectivity index (χ0n) is 7.97. The number of ether oxygens (including phenoxy) is 1. The molecule has 0 spiro atoms. The van der Waals surface area contributed by atoms with Gasteiger partial charge in [0, 0.05) is 24.2 Å². The summed E-state index contributed by atoms with van der Waals surface area (Å²) >= 11 is 0. The number of hydrogen-bond acceptors (Lipinski definition) is 3. The summed E-state index contributed by atoms with van der Waals surface area (Å²) in [7, 11) is 0. The van der Waals surface area contributed by atoms with Crippen LogP contribution in [0.25, 0.3) is 0 Å². The molecule has 0 bridgehead atoms. The maximum absolute atomic E-state index is 8.94. The third kappa shape index (κ3) is 1.63. The molecular weight excluding hydrogens is 154 g/mol. The molecule has 0 aromatic heterocycles. The fraction of sp³-hybridized carbons (Fsp3) is 1.00. The fourth-order valence-electron chi connectivity index (χ4n) is 1.85. The van der Waals surface area contributed by atoms with Crippen molar-refractivity contribution in [2.75, 3.05) is 19.8 Å². The lowest BCUT2D eigenvalue weighted by molar-refractivity contribution is 0.0734. The first-order chi connectivity index (χ1) is 5.52. The van der Waals surface area contributed by atoms with E-state index in [9.17, 15) is 0 Å². The van der Waals surface area contributed by atoms with Gasteiger partial charge in [-0.25, -0.2) is 0 Å². The number of hydrogen-bond donors (Lipinski definition) is 2. The van der Waals surface area contributed by atoms with Gasteiger partial charge in [0.2, 0.25) is 0 Å². The van der Waals surface area contributed by atoms with Gasteiger partial charge in [-0.1, -0.05) is 0 Å². The number of aliphatic hydroxyl groups is 1. The summed E-state index contributed by atoms with van der Waals surface area (Å²) < 4.78 is 5.35. The van der Waals surface area contributed by atoms with E-state index in [-0.39, 0.29) is 17.6 Å². The zero-order chi connectivity index (χ0) is 9.24. The highest BCUT2D eigenvalue weighted by molar-refractivity contribution is 4.98. The van der Waals surface area contributed by atoms with E-state index in [1.165, 1.54) is 0 Å². The van der Waals surface area contributed by atoms with Crippen molar-refractivity contribution in [1.29, 1.82) is 0 Å². The SMILES string of the molecule is CC(C)(N)C1(CCO)CCOC1. The van der Waals surface area contributed by atoms with E-state index in [1.54, 1.807) is 0 Å². The molecular formula is C9H19NO2. The van der Waals surface area contributed by atoms with Crippen LogP contribution in [0.5, 0.6) is 0 Å². The minimum absolute atomic E-state index is 0.0122. The van der Waals surface area contributed by atoms with E-state index in [2.05, 4.69) is 0 Å². The normalized spacial score (nSPS) is 31.0. The van der Waals surface area contributed by atoms with Crippen molar-refractivity contribution in [3.05, 3.63) is 0 Å². The molecule has 3 N–H and O–H groups in total. The molecule has 3 nitrogen and oxygen atoms in total.